The average Bonchev–Trinajstić information content (AvgIpc) is 3.48. The summed E-state index contributed by atoms with van der Waals surface area (Å²) in [6.45, 7) is 1.56. The summed E-state index contributed by atoms with van der Waals surface area (Å²) in [5.74, 6) is -0.604. The molecule has 0 aromatic heterocycles. The van der Waals surface area contributed by atoms with Crippen molar-refractivity contribution in [3.8, 4) is 0 Å². The monoisotopic (exact) mass is 524 g/mol. The fraction of sp³-hybridized carbons (Fsp3) is 0.536. The molecular formula is C28H30F6N2O. The Labute approximate surface area is 212 Å². The number of alkyl halides is 6. The SMILES string of the molecule is O=C(NCc1cc(C(F)(F)F)cc(C(F)(F)F)c1)[C@H]1CC[C@@H](N2CCC3(CCc4ccccc43)CC2)C1. The van der Waals surface area contributed by atoms with Crippen molar-refractivity contribution >= 4 is 5.91 Å². The van der Waals surface area contributed by atoms with Crippen LogP contribution >= 0.6 is 0 Å². The Morgan fingerprint density at radius 1 is 0.919 bits per heavy atom. The van der Waals surface area contributed by atoms with Crippen molar-refractivity contribution in [1.29, 1.82) is 0 Å². The van der Waals surface area contributed by atoms with Gasteiger partial charge in [0, 0.05) is 18.5 Å². The summed E-state index contributed by atoms with van der Waals surface area (Å²) >= 11 is 0. The number of carbonyl (C=O) groups is 1. The quantitative estimate of drug-likeness (QED) is 0.464. The molecule has 0 unspecified atom stereocenters. The van der Waals surface area contributed by atoms with Crippen molar-refractivity contribution < 1.29 is 31.1 Å². The summed E-state index contributed by atoms with van der Waals surface area (Å²) in [5.41, 5.74) is 0.227. The molecule has 200 valence electrons. The third kappa shape index (κ3) is 5.38. The Kier molecular flexibility index (Phi) is 6.79. The van der Waals surface area contributed by atoms with Gasteiger partial charge >= 0.3 is 12.4 Å². The van der Waals surface area contributed by atoms with Crippen LogP contribution in [0, 0.1) is 5.92 Å². The number of hydrogen-bond donors (Lipinski definition) is 1. The van der Waals surface area contributed by atoms with Gasteiger partial charge in [-0.2, -0.15) is 26.3 Å². The van der Waals surface area contributed by atoms with Crippen LogP contribution in [0.25, 0.3) is 0 Å². The Morgan fingerprint density at radius 3 is 2.22 bits per heavy atom. The van der Waals surface area contributed by atoms with E-state index in [4.69, 9.17) is 0 Å². The molecule has 2 aromatic rings. The van der Waals surface area contributed by atoms with Gasteiger partial charge in [-0.25, -0.2) is 0 Å². The van der Waals surface area contributed by atoms with Crippen molar-refractivity contribution in [2.45, 2.75) is 75.3 Å². The highest BCUT2D eigenvalue weighted by Crippen LogP contribution is 2.47. The maximum atomic E-state index is 13.1. The maximum Gasteiger partial charge on any atom is 0.416 e. The largest absolute Gasteiger partial charge is 0.416 e. The number of piperidine rings is 1. The molecule has 9 heteroatoms. The van der Waals surface area contributed by atoms with Gasteiger partial charge < -0.3 is 10.2 Å². The highest BCUT2D eigenvalue weighted by molar-refractivity contribution is 5.79. The predicted molar refractivity (Wildman–Crippen MR) is 127 cm³/mol. The fourth-order valence-corrected chi connectivity index (χ4v) is 6.58. The van der Waals surface area contributed by atoms with E-state index < -0.39 is 23.5 Å². The number of aryl methyl sites for hydroxylation is 1. The lowest BCUT2D eigenvalue weighted by atomic mass is 9.73. The summed E-state index contributed by atoms with van der Waals surface area (Å²) in [7, 11) is 0. The minimum atomic E-state index is -4.91. The molecule has 1 saturated heterocycles. The first-order valence-electron chi connectivity index (χ1n) is 12.8. The number of likely N-dealkylation sites (tertiary alicyclic amines) is 1. The lowest BCUT2D eigenvalue weighted by Gasteiger charge is -2.42. The first-order chi connectivity index (χ1) is 17.4. The molecule has 3 nitrogen and oxygen atoms in total. The second-order valence-corrected chi connectivity index (χ2v) is 10.8. The first kappa shape index (κ1) is 26.1. The average molecular weight is 525 g/mol. The lowest BCUT2D eigenvalue weighted by molar-refractivity contribution is -0.143. The molecule has 1 N–H and O–H groups in total. The van der Waals surface area contributed by atoms with Crippen LogP contribution in [0.2, 0.25) is 0 Å². The number of nitrogens with zero attached hydrogens (tertiary/aromatic N) is 1. The summed E-state index contributed by atoms with van der Waals surface area (Å²) in [6.07, 6.45) is -3.15. The van der Waals surface area contributed by atoms with E-state index in [9.17, 15) is 31.1 Å². The molecule has 2 aromatic carbocycles. The predicted octanol–water partition coefficient (Wildman–Crippen LogP) is 6.49. The van der Waals surface area contributed by atoms with Crippen LogP contribution in [0.1, 0.15) is 66.3 Å². The number of benzene rings is 2. The molecule has 1 spiro atoms. The number of nitrogens with one attached hydrogen (secondary N) is 1. The number of rotatable bonds is 4. The van der Waals surface area contributed by atoms with E-state index in [1.165, 1.54) is 17.5 Å². The molecule has 1 aliphatic heterocycles. The summed E-state index contributed by atoms with van der Waals surface area (Å²) < 4.78 is 78.7. The summed E-state index contributed by atoms with van der Waals surface area (Å²) in [6, 6.07) is 10.4. The number of carbonyl (C=O) groups excluding carboxylic acids is 1. The van der Waals surface area contributed by atoms with Gasteiger partial charge in [-0.1, -0.05) is 24.3 Å². The van der Waals surface area contributed by atoms with E-state index in [-0.39, 0.29) is 41.5 Å². The summed E-state index contributed by atoms with van der Waals surface area (Å²) in [5, 5.41) is 2.58. The van der Waals surface area contributed by atoms with Crippen LogP contribution in [0.4, 0.5) is 26.3 Å². The molecule has 1 heterocycles. The van der Waals surface area contributed by atoms with Gasteiger partial charge in [-0.15, -0.1) is 0 Å². The third-order valence-corrected chi connectivity index (χ3v) is 8.62. The molecule has 37 heavy (non-hydrogen) atoms. The van der Waals surface area contributed by atoms with Crippen LogP contribution < -0.4 is 5.32 Å². The van der Waals surface area contributed by atoms with E-state index in [1.807, 2.05) is 0 Å². The summed E-state index contributed by atoms with van der Waals surface area (Å²) in [4.78, 5) is 15.2. The molecule has 3 aliphatic rings. The molecule has 2 fully saturated rings. The normalized spacial score (nSPS) is 23.8. The highest BCUT2D eigenvalue weighted by atomic mass is 19.4. The Hall–Kier alpha value is -2.55. The number of hydrogen-bond acceptors (Lipinski definition) is 2. The molecule has 1 amide bonds. The van der Waals surface area contributed by atoms with Crippen molar-refractivity contribution in [3.05, 3.63) is 70.3 Å². The smallest absolute Gasteiger partial charge is 0.352 e. The van der Waals surface area contributed by atoms with E-state index in [2.05, 4.69) is 34.5 Å². The van der Waals surface area contributed by atoms with E-state index in [0.717, 1.165) is 38.8 Å². The van der Waals surface area contributed by atoms with Gasteiger partial charge in [0.05, 0.1) is 11.1 Å². The topological polar surface area (TPSA) is 32.3 Å². The fourth-order valence-electron chi connectivity index (χ4n) is 6.58. The van der Waals surface area contributed by atoms with Crippen molar-refractivity contribution in [1.82, 2.24) is 10.2 Å². The highest BCUT2D eigenvalue weighted by Gasteiger charge is 2.43. The van der Waals surface area contributed by atoms with Crippen molar-refractivity contribution in [2.75, 3.05) is 13.1 Å². The molecule has 2 atom stereocenters. The minimum absolute atomic E-state index is 0.0970. The van der Waals surface area contributed by atoms with E-state index >= 15 is 0 Å². The van der Waals surface area contributed by atoms with Gasteiger partial charge in [0.2, 0.25) is 5.91 Å². The zero-order valence-electron chi connectivity index (χ0n) is 20.4. The second kappa shape index (κ2) is 9.64. The Morgan fingerprint density at radius 2 is 1.57 bits per heavy atom. The Bertz CT molecular complexity index is 1120. The van der Waals surface area contributed by atoms with Gasteiger partial charge in [-0.3, -0.25) is 4.79 Å². The molecule has 5 rings (SSSR count). The molecule has 1 saturated carbocycles. The molecule has 0 bridgehead atoms. The second-order valence-electron chi connectivity index (χ2n) is 10.8. The third-order valence-electron chi connectivity index (χ3n) is 8.62. The first-order valence-corrected chi connectivity index (χ1v) is 12.8. The standard InChI is InChI=1S/C28H30F6N2O/c29-27(30,31)21-13-18(14-22(16-21)28(32,33)34)17-35-25(37)20-5-6-23(15-20)36-11-9-26(10-12-36)8-7-19-3-1-2-4-24(19)26/h1-4,13-14,16,20,23H,5-12,15,17H2,(H,35,37)/t20-,23+/m0/s1. The molecule has 2 aliphatic carbocycles. The zero-order valence-corrected chi connectivity index (χ0v) is 20.4. The van der Waals surface area contributed by atoms with Crippen LogP contribution in [0.5, 0.6) is 0 Å². The molecule has 0 radical (unpaired) electrons. The van der Waals surface area contributed by atoms with Gasteiger partial charge in [0.15, 0.2) is 0 Å². The van der Waals surface area contributed by atoms with Gasteiger partial charge in [0.1, 0.15) is 0 Å². The Balaban J connectivity index is 1.16. The van der Waals surface area contributed by atoms with Crippen LogP contribution in [-0.2, 0) is 35.5 Å². The number of fused-ring (bicyclic) bond motifs is 2. The lowest BCUT2D eigenvalue weighted by Crippen LogP contribution is -2.45. The maximum absolute atomic E-state index is 13.1. The van der Waals surface area contributed by atoms with Gasteiger partial charge in [-0.05, 0) is 98.3 Å². The minimum Gasteiger partial charge on any atom is -0.352 e. The van der Waals surface area contributed by atoms with E-state index in [0.29, 0.717) is 25.0 Å². The number of amides is 1. The van der Waals surface area contributed by atoms with Crippen molar-refractivity contribution in [2.24, 2.45) is 5.92 Å². The van der Waals surface area contributed by atoms with Gasteiger partial charge in [0.25, 0.3) is 0 Å². The van der Waals surface area contributed by atoms with E-state index in [1.54, 1.807) is 0 Å². The molecular weight excluding hydrogens is 494 g/mol. The van der Waals surface area contributed by atoms with Crippen LogP contribution in [0.3, 0.4) is 0 Å². The zero-order chi connectivity index (χ0) is 26.4. The number of halogens is 6. The van der Waals surface area contributed by atoms with Crippen LogP contribution in [0.15, 0.2) is 42.5 Å². The van der Waals surface area contributed by atoms with Crippen molar-refractivity contribution in [3.63, 3.8) is 0 Å². The van der Waals surface area contributed by atoms with Crippen LogP contribution in [-0.4, -0.2) is 29.9 Å².